The first kappa shape index (κ1) is 24.4. The number of hydrogen-bond acceptors (Lipinski definition) is 4. The summed E-state index contributed by atoms with van der Waals surface area (Å²) in [5, 5.41) is 6.48. The molecule has 7 nitrogen and oxygen atoms in total. The van der Waals surface area contributed by atoms with Crippen LogP contribution in [0.4, 0.5) is 4.79 Å². The number of nitrogens with zero attached hydrogens (tertiary/aromatic N) is 3. The van der Waals surface area contributed by atoms with Gasteiger partial charge in [0.2, 0.25) is 0 Å². The number of pyridine rings is 1. The van der Waals surface area contributed by atoms with Crippen LogP contribution in [-0.2, 0) is 11.3 Å². The van der Waals surface area contributed by atoms with Gasteiger partial charge in [-0.2, -0.15) is 0 Å². The number of halogens is 1. The highest BCUT2D eigenvalue weighted by Gasteiger charge is 2.20. The Bertz CT molecular complexity index is 560. The van der Waals surface area contributed by atoms with Gasteiger partial charge >= 0.3 is 6.09 Å². The van der Waals surface area contributed by atoms with E-state index in [1.54, 1.807) is 25.2 Å². The Morgan fingerprint density at radius 1 is 1.35 bits per heavy atom. The number of guanidine groups is 1. The lowest BCUT2D eigenvalue weighted by Crippen LogP contribution is -2.42. The van der Waals surface area contributed by atoms with Crippen LogP contribution in [0.1, 0.15) is 33.4 Å². The van der Waals surface area contributed by atoms with Crippen molar-refractivity contribution < 1.29 is 9.53 Å². The van der Waals surface area contributed by atoms with E-state index >= 15 is 0 Å². The fourth-order valence-electron chi connectivity index (χ4n) is 2.11. The van der Waals surface area contributed by atoms with Crippen LogP contribution in [0.25, 0.3) is 0 Å². The van der Waals surface area contributed by atoms with Crippen molar-refractivity contribution in [3.05, 3.63) is 30.1 Å². The molecule has 0 radical (unpaired) electrons. The quantitative estimate of drug-likeness (QED) is 0.374. The molecule has 0 aliphatic rings. The Labute approximate surface area is 174 Å². The monoisotopic (exact) mass is 477 g/mol. The molecule has 26 heavy (non-hydrogen) atoms. The van der Waals surface area contributed by atoms with Crippen LogP contribution in [0.2, 0.25) is 0 Å². The summed E-state index contributed by atoms with van der Waals surface area (Å²) in [7, 11) is 3.48. The number of nitrogens with one attached hydrogen (secondary N) is 2. The number of aromatic nitrogens is 1. The molecule has 8 heteroatoms. The lowest BCUT2D eigenvalue weighted by atomic mass is 10.1. The molecule has 0 spiro atoms. The van der Waals surface area contributed by atoms with Crippen molar-refractivity contribution in [2.75, 3.05) is 27.2 Å². The van der Waals surface area contributed by atoms with E-state index < -0.39 is 5.60 Å². The molecule has 1 amide bonds. The minimum absolute atomic E-state index is 0. The second kappa shape index (κ2) is 11.9. The molecule has 0 aromatic carbocycles. The van der Waals surface area contributed by atoms with Crippen molar-refractivity contribution in [1.29, 1.82) is 0 Å². The second-order valence-electron chi connectivity index (χ2n) is 7.09. The van der Waals surface area contributed by atoms with Crippen LogP contribution < -0.4 is 10.6 Å². The number of rotatable bonds is 6. The molecule has 0 aliphatic carbocycles. The first-order valence-electron chi connectivity index (χ1n) is 8.50. The summed E-state index contributed by atoms with van der Waals surface area (Å²) < 4.78 is 5.36. The standard InChI is InChI=1S/C18H31N5O2.HI/c1-14(13-23(6)17(24)25-18(2,3)4)11-21-16(19-5)22-12-15-9-7-8-10-20-15;/h7-10,14H,11-13H2,1-6H3,(H2,19,21,22);1H. The van der Waals surface area contributed by atoms with Crippen molar-refractivity contribution in [3.63, 3.8) is 0 Å². The number of ether oxygens (including phenoxy) is 1. The Morgan fingerprint density at radius 3 is 2.58 bits per heavy atom. The van der Waals surface area contributed by atoms with Gasteiger partial charge < -0.3 is 20.3 Å². The maximum atomic E-state index is 12.0. The van der Waals surface area contributed by atoms with Crippen LogP contribution >= 0.6 is 24.0 Å². The number of amides is 1. The molecule has 1 atom stereocenters. The fraction of sp³-hybridized carbons (Fsp3) is 0.611. The molecule has 1 aromatic heterocycles. The summed E-state index contributed by atoms with van der Waals surface area (Å²) in [6.07, 6.45) is 1.46. The van der Waals surface area contributed by atoms with Crippen LogP contribution in [-0.4, -0.2) is 54.7 Å². The Balaban J connectivity index is 0.00000625. The van der Waals surface area contributed by atoms with Gasteiger partial charge in [0.1, 0.15) is 5.60 Å². The first-order valence-corrected chi connectivity index (χ1v) is 8.50. The Hall–Kier alpha value is -1.58. The van der Waals surface area contributed by atoms with Crippen molar-refractivity contribution in [2.45, 2.75) is 39.8 Å². The third kappa shape index (κ3) is 10.4. The lowest BCUT2D eigenvalue weighted by Gasteiger charge is -2.26. The summed E-state index contributed by atoms with van der Waals surface area (Å²) in [4.78, 5) is 22.1. The van der Waals surface area contributed by atoms with Gasteiger partial charge in [0.15, 0.2) is 5.96 Å². The molecule has 1 unspecified atom stereocenters. The molecule has 0 aliphatic heterocycles. The Morgan fingerprint density at radius 2 is 2.04 bits per heavy atom. The molecule has 0 saturated heterocycles. The molecule has 148 valence electrons. The van der Waals surface area contributed by atoms with Crippen LogP contribution in [0.3, 0.4) is 0 Å². The maximum absolute atomic E-state index is 12.0. The number of hydrogen-bond donors (Lipinski definition) is 2. The zero-order chi connectivity index (χ0) is 18.9. The van der Waals surface area contributed by atoms with Gasteiger partial charge in [0.05, 0.1) is 12.2 Å². The minimum Gasteiger partial charge on any atom is -0.444 e. The van der Waals surface area contributed by atoms with Crippen LogP contribution in [0, 0.1) is 5.92 Å². The van der Waals surface area contributed by atoms with Crippen LogP contribution in [0.5, 0.6) is 0 Å². The van der Waals surface area contributed by atoms with Gasteiger partial charge in [-0.15, -0.1) is 24.0 Å². The predicted octanol–water partition coefficient (Wildman–Crippen LogP) is 2.87. The highest BCUT2D eigenvalue weighted by molar-refractivity contribution is 14.0. The van der Waals surface area contributed by atoms with Crippen LogP contribution in [0.15, 0.2) is 29.4 Å². The first-order chi connectivity index (χ1) is 11.7. The third-order valence-electron chi connectivity index (χ3n) is 3.30. The molecule has 0 saturated carbocycles. The van der Waals surface area contributed by atoms with E-state index in [-0.39, 0.29) is 36.0 Å². The molecule has 1 rings (SSSR count). The molecule has 1 aromatic rings. The minimum atomic E-state index is -0.482. The van der Waals surface area contributed by atoms with Gasteiger partial charge in [0.25, 0.3) is 0 Å². The molecule has 2 N–H and O–H groups in total. The van der Waals surface area contributed by atoms with E-state index in [0.717, 1.165) is 5.69 Å². The molecular formula is C18H32IN5O2. The van der Waals surface area contributed by atoms with Gasteiger partial charge in [0, 0.05) is 33.4 Å². The average Bonchev–Trinajstić information content (AvgIpc) is 2.54. The fourth-order valence-corrected chi connectivity index (χ4v) is 2.11. The highest BCUT2D eigenvalue weighted by Crippen LogP contribution is 2.10. The van der Waals surface area contributed by atoms with E-state index in [2.05, 4.69) is 27.5 Å². The second-order valence-corrected chi connectivity index (χ2v) is 7.09. The van der Waals surface area contributed by atoms with Gasteiger partial charge in [-0.05, 0) is 38.8 Å². The van der Waals surface area contributed by atoms with Crippen molar-refractivity contribution >= 4 is 36.0 Å². The van der Waals surface area contributed by atoms with Gasteiger partial charge in [-0.1, -0.05) is 13.0 Å². The smallest absolute Gasteiger partial charge is 0.410 e. The van der Waals surface area contributed by atoms with E-state index in [1.807, 2.05) is 39.0 Å². The molecule has 0 bridgehead atoms. The van der Waals surface area contributed by atoms with Crippen molar-refractivity contribution in [1.82, 2.24) is 20.5 Å². The van der Waals surface area contributed by atoms with E-state index in [4.69, 9.17) is 4.74 Å². The topological polar surface area (TPSA) is 78.9 Å². The van der Waals surface area contributed by atoms with Crippen molar-refractivity contribution in [3.8, 4) is 0 Å². The summed E-state index contributed by atoms with van der Waals surface area (Å²) in [6, 6.07) is 5.80. The number of carbonyl (C=O) groups excluding carboxylic acids is 1. The van der Waals surface area contributed by atoms with E-state index in [1.165, 1.54) is 0 Å². The number of aliphatic imine (C=N–C) groups is 1. The lowest BCUT2D eigenvalue weighted by molar-refractivity contribution is 0.0278. The predicted molar refractivity (Wildman–Crippen MR) is 116 cm³/mol. The zero-order valence-corrected chi connectivity index (χ0v) is 18.9. The van der Waals surface area contributed by atoms with Gasteiger partial charge in [-0.25, -0.2) is 4.79 Å². The van der Waals surface area contributed by atoms with E-state index in [0.29, 0.717) is 25.6 Å². The summed E-state index contributed by atoms with van der Waals surface area (Å²) in [6.45, 7) is 9.55. The van der Waals surface area contributed by atoms with Crippen molar-refractivity contribution in [2.24, 2.45) is 10.9 Å². The summed E-state index contributed by atoms with van der Waals surface area (Å²) >= 11 is 0. The third-order valence-corrected chi connectivity index (χ3v) is 3.30. The largest absolute Gasteiger partial charge is 0.444 e. The Kier molecular flexibility index (Phi) is 11.2. The maximum Gasteiger partial charge on any atom is 0.410 e. The average molecular weight is 477 g/mol. The molecule has 1 heterocycles. The number of carbonyl (C=O) groups is 1. The normalized spacial score (nSPS) is 12.6. The molecular weight excluding hydrogens is 445 g/mol. The zero-order valence-electron chi connectivity index (χ0n) is 16.6. The summed E-state index contributed by atoms with van der Waals surface area (Å²) in [5.74, 6) is 0.948. The summed E-state index contributed by atoms with van der Waals surface area (Å²) in [5.41, 5.74) is 0.465. The SMILES string of the molecule is CN=C(NCc1ccccn1)NCC(C)CN(C)C(=O)OC(C)(C)C.I. The highest BCUT2D eigenvalue weighted by atomic mass is 127. The van der Waals surface area contributed by atoms with Gasteiger partial charge in [-0.3, -0.25) is 9.98 Å². The van der Waals surface area contributed by atoms with E-state index in [9.17, 15) is 4.79 Å². The molecule has 0 fully saturated rings.